The Hall–Kier alpha value is -0.850. The summed E-state index contributed by atoms with van der Waals surface area (Å²) >= 11 is 0. The lowest BCUT2D eigenvalue weighted by Gasteiger charge is -1.91. The highest BCUT2D eigenvalue weighted by Crippen LogP contribution is 1.98. The molecule has 1 heteroatoms. The molecule has 0 aliphatic rings. The molecule has 0 heterocycles. The van der Waals surface area contributed by atoms with Crippen molar-refractivity contribution in [2.24, 2.45) is 0 Å². The molecule has 1 nitrogen and oxygen atoms in total. The highest BCUT2D eigenvalue weighted by molar-refractivity contribution is 5.78. The largest absolute Gasteiger partial charge is 0.300 e. The zero-order valence-corrected chi connectivity index (χ0v) is 7.88. The number of hydrogen-bond acceptors (Lipinski definition) is 1. The second-order valence-corrected chi connectivity index (χ2v) is 2.77. The van der Waals surface area contributed by atoms with Crippen molar-refractivity contribution in [2.45, 2.75) is 39.0 Å². The van der Waals surface area contributed by atoms with Gasteiger partial charge < -0.3 is 0 Å². The van der Waals surface area contributed by atoms with Crippen LogP contribution >= 0.6 is 0 Å². The van der Waals surface area contributed by atoms with Crippen LogP contribution < -0.4 is 0 Å². The van der Waals surface area contributed by atoms with Crippen molar-refractivity contribution in [3.05, 3.63) is 24.8 Å². The molecule has 0 aromatic rings. The van der Waals surface area contributed by atoms with Gasteiger partial charge in [-0.25, -0.2) is 0 Å². The van der Waals surface area contributed by atoms with E-state index in [-0.39, 0.29) is 0 Å². The predicted molar refractivity (Wildman–Crippen MR) is 53.1 cm³/mol. The summed E-state index contributed by atoms with van der Waals surface area (Å²) in [4.78, 5) is 10.9. The van der Waals surface area contributed by atoms with E-state index < -0.39 is 0 Å². The average molecular weight is 166 g/mol. The third-order valence-corrected chi connectivity index (χ3v) is 1.69. The molecule has 0 aromatic heterocycles. The Balaban J connectivity index is 3.23. The molecule has 0 saturated heterocycles. The van der Waals surface area contributed by atoms with Crippen LogP contribution in [0.25, 0.3) is 0 Å². The van der Waals surface area contributed by atoms with E-state index in [1.54, 1.807) is 0 Å². The molecule has 0 fully saturated rings. The molecule has 0 radical (unpaired) electrons. The first kappa shape index (κ1) is 11.2. The van der Waals surface area contributed by atoms with Gasteiger partial charge in [-0.1, -0.05) is 25.2 Å². The molecule has 0 aromatic carbocycles. The summed E-state index contributed by atoms with van der Waals surface area (Å²) in [5, 5.41) is 0. The zero-order chi connectivity index (χ0) is 9.23. The van der Waals surface area contributed by atoms with E-state index in [4.69, 9.17) is 0 Å². The summed E-state index contributed by atoms with van der Waals surface area (Å²) in [5.41, 5.74) is 0. The van der Waals surface area contributed by atoms with E-state index in [0.717, 1.165) is 19.3 Å². The molecule has 68 valence electrons. The van der Waals surface area contributed by atoms with Gasteiger partial charge in [-0.3, -0.25) is 4.79 Å². The lowest BCUT2D eigenvalue weighted by atomic mass is 10.1. The molecule has 0 rings (SSSR count). The molecule has 0 N–H and O–H groups in total. The van der Waals surface area contributed by atoms with Crippen LogP contribution in [0, 0.1) is 0 Å². The van der Waals surface area contributed by atoms with Gasteiger partial charge in [0.15, 0.2) is 0 Å². The minimum Gasteiger partial charge on any atom is -0.300 e. The monoisotopic (exact) mass is 166 g/mol. The zero-order valence-electron chi connectivity index (χ0n) is 7.88. The Morgan fingerprint density at radius 3 is 2.50 bits per heavy atom. The van der Waals surface area contributed by atoms with Crippen LogP contribution in [-0.4, -0.2) is 5.78 Å². The van der Waals surface area contributed by atoms with Crippen molar-refractivity contribution in [3.63, 3.8) is 0 Å². The summed E-state index contributed by atoms with van der Waals surface area (Å²) in [6.07, 6.45) is 10.4. The minimum absolute atomic E-state index is 0.350. The van der Waals surface area contributed by atoms with Crippen molar-refractivity contribution in [1.82, 2.24) is 0 Å². The second kappa shape index (κ2) is 8.25. The van der Waals surface area contributed by atoms with Gasteiger partial charge >= 0.3 is 0 Å². The standard InChI is InChI=1S/C11H18O/c1-3-5-6-7-8-9-10-11(12)4-2/h3,7-8H,1,4-6,9-10H2,2H3/b8-7+. The summed E-state index contributed by atoms with van der Waals surface area (Å²) < 4.78 is 0. The number of Topliss-reactive ketones (excluding diaryl/α,β-unsaturated/α-hetero) is 1. The summed E-state index contributed by atoms with van der Waals surface area (Å²) in [5.74, 6) is 0.350. The average Bonchev–Trinajstić information content (AvgIpc) is 2.10. The van der Waals surface area contributed by atoms with E-state index in [1.165, 1.54) is 0 Å². The number of hydrogen-bond donors (Lipinski definition) is 0. The van der Waals surface area contributed by atoms with Crippen LogP contribution in [-0.2, 0) is 4.79 Å². The number of unbranched alkanes of at least 4 members (excludes halogenated alkanes) is 1. The molecule has 0 amide bonds. The van der Waals surface area contributed by atoms with Gasteiger partial charge in [0.25, 0.3) is 0 Å². The van der Waals surface area contributed by atoms with E-state index in [0.29, 0.717) is 18.6 Å². The third-order valence-electron chi connectivity index (χ3n) is 1.69. The summed E-state index contributed by atoms with van der Waals surface area (Å²) in [7, 11) is 0. The third kappa shape index (κ3) is 7.26. The second-order valence-electron chi connectivity index (χ2n) is 2.77. The Morgan fingerprint density at radius 2 is 1.92 bits per heavy atom. The van der Waals surface area contributed by atoms with Crippen molar-refractivity contribution in [3.8, 4) is 0 Å². The van der Waals surface area contributed by atoms with Crippen LogP contribution in [0.5, 0.6) is 0 Å². The van der Waals surface area contributed by atoms with Gasteiger partial charge in [0.1, 0.15) is 5.78 Å². The molecule has 0 bridgehead atoms. The SMILES string of the molecule is C=CCC/C=C/CCC(=O)CC. The highest BCUT2D eigenvalue weighted by Gasteiger charge is 1.93. The lowest BCUT2D eigenvalue weighted by Crippen LogP contribution is -1.92. The fourth-order valence-corrected chi connectivity index (χ4v) is 0.871. The van der Waals surface area contributed by atoms with Crippen molar-refractivity contribution >= 4 is 5.78 Å². The first-order valence-corrected chi connectivity index (χ1v) is 4.58. The van der Waals surface area contributed by atoms with Crippen molar-refractivity contribution in [2.75, 3.05) is 0 Å². The lowest BCUT2D eigenvalue weighted by molar-refractivity contribution is -0.118. The maximum Gasteiger partial charge on any atom is 0.132 e. The van der Waals surface area contributed by atoms with E-state index in [1.807, 2.05) is 13.0 Å². The first-order valence-electron chi connectivity index (χ1n) is 4.58. The molecule has 12 heavy (non-hydrogen) atoms. The van der Waals surface area contributed by atoms with Crippen LogP contribution in [0.3, 0.4) is 0 Å². The molecule has 0 spiro atoms. The van der Waals surface area contributed by atoms with Crippen LogP contribution in [0.4, 0.5) is 0 Å². The topological polar surface area (TPSA) is 17.1 Å². The molecule has 0 atom stereocenters. The summed E-state index contributed by atoms with van der Waals surface area (Å²) in [6.45, 7) is 5.54. The number of carbonyl (C=O) groups is 1. The Bertz CT molecular complexity index is 156. The molecule has 0 aliphatic carbocycles. The predicted octanol–water partition coefficient (Wildman–Crippen LogP) is 3.27. The Labute approximate surface area is 75.2 Å². The normalized spacial score (nSPS) is 10.4. The quantitative estimate of drug-likeness (QED) is 0.419. The number of ketones is 1. The van der Waals surface area contributed by atoms with Gasteiger partial charge in [-0.2, -0.15) is 0 Å². The first-order chi connectivity index (χ1) is 5.81. The fraction of sp³-hybridized carbons (Fsp3) is 0.545. The van der Waals surface area contributed by atoms with Gasteiger partial charge in [0.05, 0.1) is 0 Å². The molecular formula is C11H18O. The Kier molecular flexibility index (Phi) is 7.66. The number of allylic oxidation sites excluding steroid dienone is 3. The molecular weight excluding hydrogens is 148 g/mol. The molecule has 0 aliphatic heterocycles. The smallest absolute Gasteiger partial charge is 0.132 e. The fourth-order valence-electron chi connectivity index (χ4n) is 0.871. The van der Waals surface area contributed by atoms with Crippen molar-refractivity contribution < 1.29 is 4.79 Å². The summed E-state index contributed by atoms with van der Waals surface area (Å²) in [6, 6.07) is 0. The van der Waals surface area contributed by atoms with E-state index >= 15 is 0 Å². The van der Waals surface area contributed by atoms with Gasteiger partial charge in [-0.05, 0) is 19.3 Å². The highest BCUT2D eigenvalue weighted by atomic mass is 16.1. The van der Waals surface area contributed by atoms with Crippen molar-refractivity contribution in [1.29, 1.82) is 0 Å². The van der Waals surface area contributed by atoms with Crippen LogP contribution in [0.2, 0.25) is 0 Å². The maximum atomic E-state index is 10.9. The number of carbonyl (C=O) groups excluding carboxylic acids is 1. The maximum absolute atomic E-state index is 10.9. The minimum atomic E-state index is 0.350. The van der Waals surface area contributed by atoms with E-state index in [2.05, 4.69) is 18.7 Å². The number of rotatable bonds is 7. The van der Waals surface area contributed by atoms with Crippen LogP contribution in [0.15, 0.2) is 24.8 Å². The molecule has 0 unspecified atom stereocenters. The van der Waals surface area contributed by atoms with Crippen LogP contribution in [0.1, 0.15) is 39.0 Å². The van der Waals surface area contributed by atoms with Gasteiger partial charge in [-0.15, -0.1) is 6.58 Å². The van der Waals surface area contributed by atoms with Gasteiger partial charge in [0.2, 0.25) is 0 Å². The Morgan fingerprint density at radius 1 is 1.25 bits per heavy atom. The van der Waals surface area contributed by atoms with E-state index in [9.17, 15) is 4.79 Å². The molecule has 0 saturated carbocycles. The van der Waals surface area contributed by atoms with Gasteiger partial charge in [0, 0.05) is 12.8 Å².